The molecule has 1 aliphatic rings. The Kier molecular flexibility index (Phi) is 4.16. The van der Waals surface area contributed by atoms with Crippen LogP contribution in [0.25, 0.3) is 10.2 Å². The molecular weight excluding hydrogens is 353 g/mol. The van der Waals surface area contributed by atoms with Crippen LogP contribution in [0, 0.1) is 12.7 Å². The van der Waals surface area contributed by atoms with Gasteiger partial charge in [-0.25, -0.2) is 9.37 Å². The van der Waals surface area contributed by atoms with Crippen molar-refractivity contribution in [3.05, 3.63) is 64.4 Å². The van der Waals surface area contributed by atoms with E-state index in [0.717, 1.165) is 15.2 Å². The molecule has 1 atom stereocenters. The molecular formula is C19H16FN3O2S. The molecule has 0 bridgehead atoms. The monoisotopic (exact) mass is 369 g/mol. The van der Waals surface area contributed by atoms with Crippen molar-refractivity contribution in [1.82, 2.24) is 15.2 Å². The Balaban J connectivity index is 1.72. The van der Waals surface area contributed by atoms with Gasteiger partial charge in [0.2, 0.25) is 5.91 Å². The first-order valence-electron chi connectivity index (χ1n) is 8.24. The van der Waals surface area contributed by atoms with Crippen LogP contribution in [0.15, 0.2) is 42.5 Å². The summed E-state index contributed by atoms with van der Waals surface area (Å²) in [6.07, 6.45) is 0. The highest BCUT2D eigenvalue weighted by Gasteiger charge is 2.35. The van der Waals surface area contributed by atoms with E-state index in [4.69, 9.17) is 0 Å². The van der Waals surface area contributed by atoms with E-state index in [1.54, 1.807) is 35.6 Å². The molecule has 1 aromatic heterocycles. The van der Waals surface area contributed by atoms with Crippen molar-refractivity contribution < 1.29 is 14.0 Å². The van der Waals surface area contributed by atoms with Crippen LogP contribution in [0.3, 0.4) is 0 Å². The normalized spacial score (nSPS) is 17.4. The lowest BCUT2D eigenvalue weighted by Crippen LogP contribution is -2.52. The fourth-order valence-corrected chi connectivity index (χ4v) is 4.04. The average molecular weight is 369 g/mol. The van der Waals surface area contributed by atoms with E-state index in [1.807, 2.05) is 13.0 Å². The lowest BCUT2D eigenvalue weighted by atomic mass is 10.0. The van der Waals surface area contributed by atoms with Gasteiger partial charge >= 0.3 is 0 Å². The molecule has 3 aromatic rings. The lowest BCUT2D eigenvalue weighted by Gasteiger charge is -2.35. The molecule has 1 aliphatic heterocycles. The fourth-order valence-electron chi connectivity index (χ4n) is 3.24. The maximum absolute atomic E-state index is 13.6. The van der Waals surface area contributed by atoms with E-state index in [2.05, 4.69) is 10.3 Å². The largest absolute Gasteiger partial charge is 0.352 e. The SMILES string of the molecule is Cc1nc2cc(C(=O)N3CCNC(=O)[C@H]3c3cccc(F)c3)ccc2s1. The molecule has 2 heterocycles. The smallest absolute Gasteiger partial charge is 0.254 e. The molecule has 1 N–H and O–H groups in total. The Bertz CT molecular complexity index is 1020. The van der Waals surface area contributed by atoms with E-state index in [-0.39, 0.29) is 11.8 Å². The third-order valence-electron chi connectivity index (χ3n) is 4.38. The number of fused-ring (bicyclic) bond motifs is 1. The number of nitrogens with one attached hydrogen (secondary N) is 1. The van der Waals surface area contributed by atoms with Crippen LogP contribution in [0.1, 0.15) is 27.0 Å². The number of piperazine rings is 1. The first kappa shape index (κ1) is 16.7. The van der Waals surface area contributed by atoms with Crippen molar-refractivity contribution in [3.63, 3.8) is 0 Å². The molecule has 1 saturated heterocycles. The number of hydrogen-bond donors (Lipinski definition) is 1. The summed E-state index contributed by atoms with van der Waals surface area (Å²) in [7, 11) is 0. The van der Waals surface area contributed by atoms with Gasteiger partial charge in [-0.1, -0.05) is 12.1 Å². The second-order valence-electron chi connectivity index (χ2n) is 6.16. The minimum absolute atomic E-state index is 0.262. The van der Waals surface area contributed by atoms with E-state index in [9.17, 15) is 14.0 Å². The maximum Gasteiger partial charge on any atom is 0.254 e. The van der Waals surface area contributed by atoms with Crippen LogP contribution >= 0.6 is 11.3 Å². The fraction of sp³-hybridized carbons (Fsp3) is 0.211. The first-order chi connectivity index (χ1) is 12.5. The predicted octanol–water partition coefficient (Wildman–Crippen LogP) is 3.06. The number of aryl methyl sites for hydroxylation is 1. The second kappa shape index (κ2) is 6.49. The number of halogens is 1. The molecule has 5 nitrogen and oxygen atoms in total. The summed E-state index contributed by atoms with van der Waals surface area (Å²) in [6, 6.07) is 10.3. The number of rotatable bonds is 2. The van der Waals surface area contributed by atoms with Crippen molar-refractivity contribution in [2.75, 3.05) is 13.1 Å². The van der Waals surface area contributed by atoms with Gasteiger partial charge < -0.3 is 10.2 Å². The van der Waals surface area contributed by atoms with Crippen LogP contribution in [0.4, 0.5) is 4.39 Å². The van der Waals surface area contributed by atoms with Crippen LogP contribution < -0.4 is 5.32 Å². The molecule has 2 aromatic carbocycles. The topological polar surface area (TPSA) is 62.3 Å². The predicted molar refractivity (Wildman–Crippen MR) is 97.5 cm³/mol. The summed E-state index contributed by atoms with van der Waals surface area (Å²) in [6.45, 7) is 2.65. The number of thiazole rings is 1. The molecule has 0 saturated carbocycles. The lowest BCUT2D eigenvalue weighted by molar-refractivity contribution is -0.128. The van der Waals surface area contributed by atoms with Gasteiger partial charge in [0.05, 0.1) is 15.2 Å². The highest BCUT2D eigenvalue weighted by atomic mass is 32.1. The zero-order chi connectivity index (χ0) is 18.3. The zero-order valence-electron chi connectivity index (χ0n) is 14.0. The molecule has 0 aliphatic carbocycles. The highest BCUT2D eigenvalue weighted by Crippen LogP contribution is 2.28. The number of carbonyl (C=O) groups is 2. The third-order valence-corrected chi connectivity index (χ3v) is 5.33. The van der Waals surface area contributed by atoms with E-state index in [1.165, 1.54) is 17.0 Å². The number of amides is 2. The molecule has 2 amide bonds. The van der Waals surface area contributed by atoms with Crippen molar-refractivity contribution in [2.45, 2.75) is 13.0 Å². The summed E-state index contributed by atoms with van der Waals surface area (Å²) in [4.78, 5) is 31.4. The van der Waals surface area contributed by atoms with Crippen molar-refractivity contribution in [2.24, 2.45) is 0 Å². The number of carbonyl (C=O) groups excluding carboxylic acids is 2. The molecule has 0 radical (unpaired) electrons. The van der Waals surface area contributed by atoms with Gasteiger partial charge in [0.1, 0.15) is 11.9 Å². The Morgan fingerprint density at radius 2 is 2.15 bits per heavy atom. The van der Waals surface area contributed by atoms with Crippen molar-refractivity contribution in [1.29, 1.82) is 0 Å². The van der Waals surface area contributed by atoms with Gasteiger partial charge in [-0.15, -0.1) is 11.3 Å². The van der Waals surface area contributed by atoms with Crippen molar-refractivity contribution >= 4 is 33.4 Å². The first-order valence-corrected chi connectivity index (χ1v) is 9.06. The van der Waals surface area contributed by atoms with Gasteiger partial charge in [0.25, 0.3) is 5.91 Å². The number of nitrogens with zero attached hydrogens (tertiary/aromatic N) is 2. The second-order valence-corrected chi connectivity index (χ2v) is 7.40. The Labute approximate surface area is 153 Å². The molecule has 7 heteroatoms. The van der Waals surface area contributed by atoms with Gasteiger partial charge in [-0.3, -0.25) is 9.59 Å². The summed E-state index contributed by atoms with van der Waals surface area (Å²) in [5.74, 6) is -1.00. The number of hydrogen-bond acceptors (Lipinski definition) is 4. The molecule has 4 rings (SSSR count). The van der Waals surface area contributed by atoms with Crippen molar-refractivity contribution in [3.8, 4) is 0 Å². The maximum atomic E-state index is 13.6. The van der Waals surface area contributed by atoms with E-state index >= 15 is 0 Å². The molecule has 1 fully saturated rings. The minimum atomic E-state index is -0.847. The molecule has 132 valence electrons. The quantitative estimate of drug-likeness (QED) is 0.755. The molecule has 0 spiro atoms. The van der Waals surface area contributed by atoms with Crippen LogP contribution in [0.2, 0.25) is 0 Å². The van der Waals surface area contributed by atoms with Gasteiger partial charge in [-0.05, 0) is 42.8 Å². The average Bonchev–Trinajstić information content (AvgIpc) is 3.00. The molecule has 26 heavy (non-hydrogen) atoms. The number of benzene rings is 2. The van der Waals surface area contributed by atoms with E-state index in [0.29, 0.717) is 24.2 Å². The van der Waals surface area contributed by atoms with Crippen LogP contribution in [0.5, 0.6) is 0 Å². The minimum Gasteiger partial charge on any atom is -0.352 e. The van der Waals surface area contributed by atoms with Crippen LogP contribution in [-0.2, 0) is 4.79 Å². The number of aromatic nitrogens is 1. The Hall–Kier alpha value is -2.80. The summed E-state index contributed by atoms with van der Waals surface area (Å²) >= 11 is 1.57. The van der Waals surface area contributed by atoms with Crippen LogP contribution in [-0.4, -0.2) is 34.8 Å². The third kappa shape index (κ3) is 2.94. The standard InChI is InChI=1S/C19H16FN3O2S/c1-11-22-15-10-13(5-6-16(15)26-11)19(25)23-8-7-21-18(24)17(23)12-3-2-4-14(20)9-12/h2-6,9-10,17H,7-8H2,1H3,(H,21,24)/t17-/m1/s1. The summed E-state index contributed by atoms with van der Waals surface area (Å²) < 4.78 is 14.6. The molecule has 0 unspecified atom stereocenters. The van der Waals surface area contributed by atoms with Gasteiger partial charge in [-0.2, -0.15) is 0 Å². The van der Waals surface area contributed by atoms with E-state index < -0.39 is 11.9 Å². The van der Waals surface area contributed by atoms with Gasteiger partial charge in [0, 0.05) is 18.7 Å². The summed E-state index contributed by atoms with van der Waals surface area (Å²) in [5, 5.41) is 3.68. The Morgan fingerprint density at radius 1 is 1.31 bits per heavy atom. The van der Waals surface area contributed by atoms with Gasteiger partial charge in [0.15, 0.2) is 0 Å². The highest BCUT2D eigenvalue weighted by molar-refractivity contribution is 7.18. The zero-order valence-corrected chi connectivity index (χ0v) is 14.8. The summed E-state index contributed by atoms with van der Waals surface area (Å²) in [5.41, 5.74) is 1.70. The Morgan fingerprint density at radius 3 is 2.96 bits per heavy atom.